The number of rotatable bonds is 8. The summed E-state index contributed by atoms with van der Waals surface area (Å²) in [6, 6.07) is 27.0. The van der Waals surface area contributed by atoms with Crippen LogP contribution in [0.25, 0.3) is 11.1 Å². The molecule has 1 amide bonds. The molecule has 4 rings (SSSR count). The van der Waals surface area contributed by atoms with Crippen LogP contribution in [-0.2, 0) is 14.8 Å². The summed E-state index contributed by atoms with van der Waals surface area (Å²) in [5.74, 6) is 0.182. The summed E-state index contributed by atoms with van der Waals surface area (Å²) in [5.41, 5.74) is 5.15. The minimum atomic E-state index is -3.76. The molecule has 0 saturated heterocycles. The van der Waals surface area contributed by atoms with Crippen LogP contribution in [0.15, 0.2) is 100 Å². The highest BCUT2D eigenvalue weighted by Crippen LogP contribution is 2.30. The zero-order valence-electron chi connectivity index (χ0n) is 19.8. The van der Waals surface area contributed by atoms with Crippen LogP contribution >= 0.6 is 15.9 Å². The lowest BCUT2D eigenvalue weighted by molar-refractivity contribution is -0.118. The SMILES string of the molecule is Cc1ccc(NS(=O)(=O)c2ccc(NC(=O)COc3ccc(-c4ccccc4)cc3Br)cc2)cc1C. The summed E-state index contributed by atoms with van der Waals surface area (Å²) < 4.78 is 34.4. The fourth-order valence-corrected chi connectivity index (χ4v) is 5.05. The lowest BCUT2D eigenvalue weighted by Gasteiger charge is -2.12. The van der Waals surface area contributed by atoms with E-state index in [0.29, 0.717) is 17.1 Å². The molecule has 4 aromatic carbocycles. The van der Waals surface area contributed by atoms with Gasteiger partial charge in [-0.25, -0.2) is 8.42 Å². The topological polar surface area (TPSA) is 84.5 Å². The van der Waals surface area contributed by atoms with Crippen LogP contribution in [0.4, 0.5) is 11.4 Å². The molecule has 0 aliphatic carbocycles. The molecular formula is C28H25BrN2O4S. The first-order valence-electron chi connectivity index (χ1n) is 11.2. The zero-order valence-corrected chi connectivity index (χ0v) is 22.2. The maximum absolute atomic E-state index is 12.7. The van der Waals surface area contributed by atoms with Crippen molar-refractivity contribution in [2.24, 2.45) is 0 Å². The number of sulfonamides is 1. The van der Waals surface area contributed by atoms with Gasteiger partial charge in [0.1, 0.15) is 5.75 Å². The maximum Gasteiger partial charge on any atom is 0.262 e. The third-order valence-corrected chi connectivity index (χ3v) is 7.62. The van der Waals surface area contributed by atoms with E-state index in [-0.39, 0.29) is 17.4 Å². The number of halogens is 1. The second kappa shape index (κ2) is 11.0. The number of carbonyl (C=O) groups is 1. The van der Waals surface area contributed by atoms with E-state index in [2.05, 4.69) is 26.0 Å². The number of hydrogen-bond acceptors (Lipinski definition) is 4. The predicted molar refractivity (Wildman–Crippen MR) is 147 cm³/mol. The van der Waals surface area contributed by atoms with Crippen molar-refractivity contribution < 1.29 is 17.9 Å². The van der Waals surface area contributed by atoms with Gasteiger partial charge in [-0.1, -0.05) is 42.5 Å². The lowest BCUT2D eigenvalue weighted by atomic mass is 10.1. The molecule has 6 nitrogen and oxygen atoms in total. The van der Waals surface area contributed by atoms with Crippen LogP contribution < -0.4 is 14.8 Å². The van der Waals surface area contributed by atoms with Crippen molar-refractivity contribution in [3.05, 3.63) is 107 Å². The first-order valence-corrected chi connectivity index (χ1v) is 13.5. The molecular weight excluding hydrogens is 540 g/mol. The monoisotopic (exact) mass is 564 g/mol. The molecule has 0 aliphatic heterocycles. The van der Waals surface area contributed by atoms with Crippen molar-refractivity contribution in [2.45, 2.75) is 18.7 Å². The summed E-state index contributed by atoms with van der Waals surface area (Å²) >= 11 is 3.50. The van der Waals surface area contributed by atoms with E-state index in [1.54, 1.807) is 12.1 Å². The van der Waals surface area contributed by atoms with E-state index in [1.807, 2.05) is 68.4 Å². The lowest BCUT2D eigenvalue weighted by Crippen LogP contribution is -2.20. The van der Waals surface area contributed by atoms with Crippen LogP contribution in [0.1, 0.15) is 11.1 Å². The molecule has 0 heterocycles. The van der Waals surface area contributed by atoms with Crippen molar-refractivity contribution >= 4 is 43.2 Å². The van der Waals surface area contributed by atoms with Gasteiger partial charge in [-0.05, 0) is 101 Å². The smallest absolute Gasteiger partial charge is 0.262 e. The number of amides is 1. The normalized spacial score (nSPS) is 11.1. The second-order valence-electron chi connectivity index (χ2n) is 8.28. The number of hydrogen-bond donors (Lipinski definition) is 2. The predicted octanol–water partition coefficient (Wildman–Crippen LogP) is 6.55. The summed E-state index contributed by atoms with van der Waals surface area (Å²) in [6.45, 7) is 3.69. The Morgan fingerprint density at radius 2 is 1.50 bits per heavy atom. The Morgan fingerprint density at radius 3 is 2.17 bits per heavy atom. The Balaban J connectivity index is 1.34. The number of benzene rings is 4. The average molecular weight is 565 g/mol. The van der Waals surface area contributed by atoms with Gasteiger partial charge in [0.15, 0.2) is 6.61 Å². The first kappa shape index (κ1) is 25.5. The summed E-state index contributed by atoms with van der Waals surface area (Å²) in [4.78, 5) is 12.5. The van der Waals surface area contributed by atoms with Crippen LogP contribution in [0.5, 0.6) is 5.75 Å². The summed E-state index contributed by atoms with van der Waals surface area (Å²) in [5, 5.41) is 2.72. The van der Waals surface area contributed by atoms with E-state index < -0.39 is 10.0 Å². The Labute approximate surface area is 219 Å². The molecule has 0 aliphatic rings. The van der Waals surface area contributed by atoms with Gasteiger partial charge < -0.3 is 10.1 Å². The van der Waals surface area contributed by atoms with E-state index in [0.717, 1.165) is 26.7 Å². The van der Waals surface area contributed by atoms with Gasteiger partial charge in [0.2, 0.25) is 0 Å². The molecule has 0 fully saturated rings. The summed E-state index contributed by atoms with van der Waals surface area (Å²) in [6.07, 6.45) is 0. The van der Waals surface area contributed by atoms with Crippen molar-refractivity contribution in [3.63, 3.8) is 0 Å². The van der Waals surface area contributed by atoms with Gasteiger partial charge in [0.25, 0.3) is 15.9 Å². The molecule has 0 radical (unpaired) electrons. The van der Waals surface area contributed by atoms with E-state index in [1.165, 1.54) is 24.3 Å². The molecule has 0 aromatic heterocycles. The van der Waals surface area contributed by atoms with Crippen LogP contribution in [0.2, 0.25) is 0 Å². The molecule has 184 valence electrons. The van der Waals surface area contributed by atoms with Crippen molar-refractivity contribution in [3.8, 4) is 16.9 Å². The summed E-state index contributed by atoms with van der Waals surface area (Å²) in [7, 11) is -3.76. The van der Waals surface area contributed by atoms with E-state index in [9.17, 15) is 13.2 Å². The molecule has 0 saturated carbocycles. The van der Waals surface area contributed by atoms with Gasteiger partial charge in [-0.2, -0.15) is 0 Å². The highest BCUT2D eigenvalue weighted by Gasteiger charge is 2.15. The maximum atomic E-state index is 12.7. The number of nitrogens with one attached hydrogen (secondary N) is 2. The molecule has 0 spiro atoms. The second-order valence-corrected chi connectivity index (χ2v) is 10.8. The van der Waals surface area contributed by atoms with E-state index in [4.69, 9.17) is 4.74 Å². The Bertz CT molecular complexity index is 1490. The quantitative estimate of drug-likeness (QED) is 0.254. The van der Waals surface area contributed by atoms with Crippen molar-refractivity contribution in [2.75, 3.05) is 16.6 Å². The molecule has 0 atom stereocenters. The van der Waals surface area contributed by atoms with Crippen LogP contribution in [0, 0.1) is 13.8 Å². The molecule has 8 heteroatoms. The number of ether oxygens (including phenoxy) is 1. The Morgan fingerprint density at radius 1 is 0.806 bits per heavy atom. The number of aryl methyl sites for hydroxylation is 2. The first-order chi connectivity index (χ1) is 17.2. The standard InChI is InChI=1S/C28H25BrN2O4S/c1-19-8-10-24(16-20(19)2)31-36(33,34)25-13-11-23(12-14-25)30-28(32)18-35-27-15-9-22(17-26(27)29)21-6-4-3-5-7-21/h3-17,31H,18H2,1-2H3,(H,30,32). The van der Waals surface area contributed by atoms with Gasteiger partial charge in [0, 0.05) is 11.4 Å². The molecule has 2 N–H and O–H groups in total. The van der Waals surface area contributed by atoms with Gasteiger partial charge >= 0.3 is 0 Å². The molecule has 0 bridgehead atoms. The molecule has 36 heavy (non-hydrogen) atoms. The minimum Gasteiger partial charge on any atom is -0.483 e. The van der Waals surface area contributed by atoms with Gasteiger partial charge in [-0.3, -0.25) is 9.52 Å². The fraction of sp³-hybridized carbons (Fsp3) is 0.107. The minimum absolute atomic E-state index is 0.0948. The molecule has 4 aromatic rings. The average Bonchev–Trinajstić information content (AvgIpc) is 2.86. The van der Waals surface area contributed by atoms with Crippen molar-refractivity contribution in [1.29, 1.82) is 0 Å². The third kappa shape index (κ3) is 6.33. The fourth-order valence-electron chi connectivity index (χ4n) is 3.50. The Kier molecular flexibility index (Phi) is 7.76. The largest absolute Gasteiger partial charge is 0.483 e. The van der Waals surface area contributed by atoms with Crippen LogP contribution in [0.3, 0.4) is 0 Å². The highest BCUT2D eigenvalue weighted by atomic mass is 79.9. The number of carbonyl (C=O) groups excluding carboxylic acids is 1. The van der Waals surface area contributed by atoms with E-state index >= 15 is 0 Å². The Hall–Kier alpha value is -3.62. The van der Waals surface area contributed by atoms with Gasteiger partial charge in [0.05, 0.1) is 9.37 Å². The van der Waals surface area contributed by atoms with Crippen LogP contribution in [-0.4, -0.2) is 20.9 Å². The molecule has 0 unspecified atom stereocenters. The third-order valence-electron chi connectivity index (χ3n) is 5.61. The van der Waals surface area contributed by atoms with Gasteiger partial charge in [-0.15, -0.1) is 0 Å². The highest BCUT2D eigenvalue weighted by molar-refractivity contribution is 9.10. The van der Waals surface area contributed by atoms with Crippen molar-refractivity contribution in [1.82, 2.24) is 0 Å². The zero-order chi connectivity index (χ0) is 25.7. The number of anilines is 2.